The molecule has 4 rings (SSSR count). The summed E-state index contributed by atoms with van der Waals surface area (Å²) in [5.41, 5.74) is 2.90. The summed E-state index contributed by atoms with van der Waals surface area (Å²) in [6, 6.07) is 17.4. The van der Waals surface area contributed by atoms with Crippen LogP contribution in [0.3, 0.4) is 0 Å². The molecule has 0 radical (unpaired) electrons. The first-order valence-corrected chi connectivity index (χ1v) is 12.2. The smallest absolute Gasteiger partial charge is 0.264 e. The highest BCUT2D eigenvalue weighted by atomic mass is 32.2. The number of sulfonamides is 1. The molecule has 1 heterocycles. The maximum Gasteiger partial charge on any atom is 0.264 e. The van der Waals surface area contributed by atoms with E-state index < -0.39 is 15.8 Å². The Bertz CT molecular complexity index is 1240. The summed E-state index contributed by atoms with van der Waals surface area (Å²) in [4.78, 5) is 12.6. The van der Waals surface area contributed by atoms with Gasteiger partial charge in [-0.2, -0.15) is 0 Å². The van der Waals surface area contributed by atoms with E-state index >= 15 is 0 Å². The van der Waals surface area contributed by atoms with Crippen molar-refractivity contribution in [2.24, 2.45) is 0 Å². The zero-order valence-corrected chi connectivity index (χ0v) is 19.1. The second kappa shape index (κ2) is 9.62. The third-order valence-electron chi connectivity index (χ3n) is 5.44. The van der Waals surface area contributed by atoms with Crippen LogP contribution in [-0.4, -0.2) is 27.5 Å². The molecule has 0 atom stereocenters. The number of anilines is 2. The first-order valence-electron chi connectivity index (χ1n) is 10.8. The zero-order chi connectivity index (χ0) is 23.4. The second-order valence-corrected chi connectivity index (χ2v) is 9.64. The number of carbonyl (C=O) groups is 1. The van der Waals surface area contributed by atoms with Gasteiger partial charge in [-0.25, -0.2) is 12.8 Å². The second-order valence-electron chi connectivity index (χ2n) is 7.78. The van der Waals surface area contributed by atoms with Gasteiger partial charge < -0.3 is 10.1 Å². The maximum absolute atomic E-state index is 13.2. The first-order chi connectivity index (χ1) is 15.9. The fourth-order valence-electron chi connectivity index (χ4n) is 3.88. The van der Waals surface area contributed by atoms with Gasteiger partial charge in [0.1, 0.15) is 11.6 Å². The van der Waals surface area contributed by atoms with Gasteiger partial charge in [0.2, 0.25) is 5.91 Å². The number of aryl methyl sites for hydroxylation is 1. The van der Waals surface area contributed by atoms with Crippen LogP contribution in [0.4, 0.5) is 15.8 Å². The van der Waals surface area contributed by atoms with Crippen molar-refractivity contribution in [1.82, 2.24) is 0 Å². The van der Waals surface area contributed by atoms with Crippen LogP contribution in [0.15, 0.2) is 71.6 Å². The van der Waals surface area contributed by atoms with Crippen molar-refractivity contribution in [3.63, 3.8) is 0 Å². The van der Waals surface area contributed by atoms with E-state index in [-0.39, 0.29) is 17.2 Å². The molecule has 0 saturated heterocycles. The minimum Gasteiger partial charge on any atom is -0.494 e. The van der Waals surface area contributed by atoms with Crippen LogP contribution in [0.5, 0.6) is 5.75 Å². The third-order valence-corrected chi connectivity index (χ3v) is 7.27. The number of nitrogens with zero attached hydrogens (tertiary/aromatic N) is 1. The molecule has 6 nitrogen and oxygen atoms in total. The summed E-state index contributed by atoms with van der Waals surface area (Å²) in [5, 5.41) is 2.89. The Kier molecular flexibility index (Phi) is 6.65. The van der Waals surface area contributed by atoms with E-state index in [4.69, 9.17) is 4.74 Å². The molecule has 0 bridgehead atoms. The van der Waals surface area contributed by atoms with Gasteiger partial charge in [0.15, 0.2) is 0 Å². The number of hydrogen-bond donors (Lipinski definition) is 1. The summed E-state index contributed by atoms with van der Waals surface area (Å²) in [6.07, 6.45) is 1.57. The molecule has 1 N–H and O–H groups in total. The minimum absolute atomic E-state index is 0.0458. The molecule has 0 fully saturated rings. The van der Waals surface area contributed by atoms with Crippen LogP contribution in [0, 0.1) is 5.82 Å². The van der Waals surface area contributed by atoms with Crippen molar-refractivity contribution in [2.75, 3.05) is 22.8 Å². The van der Waals surface area contributed by atoms with E-state index in [1.54, 1.807) is 12.1 Å². The van der Waals surface area contributed by atoms with Gasteiger partial charge in [0, 0.05) is 12.2 Å². The number of amides is 1. The van der Waals surface area contributed by atoms with Gasteiger partial charge in [0.25, 0.3) is 10.0 Å². The fourth-order valence-corrected chi connectivity index (χ4v) is 5.43. The Labute approximate surface area is 193 Å². The van der Waals surface area contributed by atoms with Crippen LogP contribution in [-0.2, 0) is 27.7 Å². The first kappa shape index (κ1) is 22.8. The van der Waals surface area contributed by atoms with Crippen LogP contribution in [0.2, 0.25) is 0 Å². The lowest BCUT2D eigenvalue weighted by molar-refractivity contribution is -0.115. The Hall–Kier alpha value is -3.39. The van der Waals surface area contributed by atoms with E-state index in [1.165, 1.54) is 16.4 Å². The number of carbonyl (C=O) groups excluding carboxylic acids is 1. The average Bonchev–Trinajstić information content (AvgIpc) is 2.80. The topological polar surface area (TPSA) is 75.7 Å². The van der Waals surface area contributed by atoms with Crippen LogP contribution < -0.4 is 14.4 Å². The molecule has 0 unspecified atom stereocenters. The van der Waals surface area contributed by atoms with E-state index in [0.717, 1.165) is 29.0 Å². The van der Waals surface area contributed by atoms with Gasteiger partial charge in [0.05, 0.1) is 23.6 Å². The van der Waals surface area contributed by atoms with Gasteiger partial charge in [-0.15, -0.1) is 0 Å². The van der Waals surface area contributed by atoms with Crippen LogP contribution in [0.25, 0.3) is 0 Å². The van der Waals surface area contributed by atoms with E-state index in [0.29, 0.717) is 37.4 Å². The molecule has 1 amide bonds. The predicted octanol–water partition coefficient (Wildman–Crippen LogP) is 4.55. The molecule has 0 aliphatic carbocycles. The Morgan fingerprint density at radius 3 is 2.48 bits per heavy atom. The standard InChI is InChI=1S/C25H25FN2O4S/c1-2-32-22-10-5-18(6-11-22)16-25(29)27-21-9-14-24-19(17-21)4-3-15-28(24)33(30,31)23-12-7-20(26)8-13-23/h5-14,17H,2-4,15-16H2,1H3,(H,27,29). The number of fused-ring (bicyclic) bond motifs is 1. The summed E-state index contributed by atoms with van der Waals surface area (Å²) in [6.45, 7) is 2.84. The van der Waals surface area contributed by atoms with Crippen molar-refractivity contribution in [1.29, 1.82) is 0 Å². The number of ether oxygens (including phenoxy) is 1. The normalized spacial score (nSPS) is 13.3. The molecule has 1 aliphatic heterocycles. The Balaban J connectivity index is 1.48. The van der Waals surface area contributed by atoms with Gasteiger partial charge in [-0.1, -0.05) is 12.1 Å². The van der Waals surface area contributed by atoms with Gasteiger partial charge in [-0.05, 0) is 85.5 Å². The molecule has 172 valence electrons. The minimum atomic E-state index is -3.81. The lowest BCUT2D eigenvalue weighted by atomic mass is 10.0. The van der Waals surface area contributed by atoms with Crippen molar-refractivity contribution in [2.45, 2.75) is 31.1 Å². The molecule has 0 spiro atoms. The Morgan fingerprint density at radius 2 is 1.79 bits per heavy atom. The molecule has 0 saturated carbocycles. The number of rotatable bonds is 7. The molecule has 3 aromatic carbocycles. The highest BCUT2D eigenvalue weighted by Crippen LogP contribution is 2.34. The Morgan fingerprint density at radius 1 is 1.06 bits per heavy atom. The number of nitrogens with one attached hydrogen (secondary N) is 1. The lowest BCUT2D eigenvalue weighted by Crippen LogP contribution is -2.35. The van der Waals surface area contributed by atoms with Crippen LogP contribution >= 0.6 is 0 Å². The molecular weight excluding hydrogens is 443 g/mol. The fraction of sp³-hybridized carbons (Fsp3) is 0.240. The highest BCUT2D eigenvalue weighted by Gasteiger charge is 2.29. The van der Waals surface area contributed by atoms with Crippen molar-refractivity contribution < 1.29 is 22.3 Å². The average molecular weight is 469 g/mol. The van der Waals surface area contributed by atoms with Crippen molar-refractivity contribution >= 4 is 27.3 Å². The highest BCUT2D eigenvalue weighted by molar-refractivity contribution is 7.92. The SMILES string of the molecule is CCOc1ccc(CC(=O)Nc2ccc3c(c2)CCCN3S(=O)(=O)c2ccc(F)cc2)cc1. The summed E-state index contributed by atoms with van der Waals surface area (Å²) < 4.78 is 46.2. The molecule has 3 aromatic rings. The molecule has 1 aliphatic rings. The van der Waals surface area contributed by atoms with E-state index in [1.807, 2.05) is 37.3 Å². The summed E-state index contributed by atoms with van der Waals surface area (Å²) in [7, 11) is -3.81. The van der Waals surface area contributed by atoms with E-state index in [2.05, 4.69) is 5.32 Å². The van der Waals surface area contributed by atoms with Crippen molar-refractivity contribution in [3.05, 3.63) is 83.7 Å². The number of hydrogen-bond acceptors (Lipinski definition) is 4. The monoisotopic (exact) mass is 468 g/mol. The number of halogens is 1. The van der Waals surface area contributed by atoms with Crippen LogP contribution in [0.1, 0.15) is 24.5 Å². The maximum atomic E-state index is 13.2. The quantitative estimate of drug-likeness (QED) is 0.552. The van der Waals surface area contributed by atoms with Gasteiger partial charge >= 0.3 is 0 Å². The zero-order valence-electron chi connectivity index (χ0n) is 18.3. The summed E-state index contributed by atoms with van der Waals surface area (Å²) in [5.74, 6) is 0.112. The summed E-state index contributed by atoms with van der Waals surface area (Å²) >= 11 is 0. The molecule has 33 heavy (non-hydrogen) atoms. The molecular formula is C25H25FN2O4S. The lowest BCUT2D eigenvalue weighted by Gasteiger charge is -2.31. The van der Waals surface area contributed by atoms with E-state index in [9.17, 15) is 17.6 Å². The van der Waals surface area contributed by atoms with Crippen molar-refractivity contribution in [3.8, 4) is 5.75 Å². The molecule has 0 aromatic heterocycles. The molecule has 8 heteroatoms. The number of benzene rings is 3. The predicted molar refractivity (Wildman–Crippen MR) is 126 cm³/mol. The third kappa shape index (κ3) is 5.17. The van der Waals surface area contributed by atoms with Gasteiger partial charge in [-0.3, -0.25) is 9.10 Å². The largest absolute Gasteiger partial charge is 0.494 e.